The Balaban J connectivity index is 1.74. The van der Waals surface area contributed by atoms with Gasteiger partial charge in [0, 0.05) is 30.1 Å². The average molecular weight is 456 g/mol. The third-order valence-corrected chi connectivity index (χ3v) is 6.47. The van der Waals surface area contributed by atoms with Crippen molar-refractivity contribution in [2.24, 2.45) is 0 Å². The summed E-state index contributed by atoms with van der Waals surface area (Å²) in [7, 11) is 3.17. The lowest BCUT2D eigenvalue weighted by Crippen LogP contribution is -2.42. The van der Waals surface area contributed by atoms with Gasteiger partial charge in [-0.3, -0.25) is 14.6 Å². The number of para-hydroxylation sites is 1. The molecule has 2 aromatic heterocycles. The van der Waals surface area contributed by atoms with Crippen LogP contribution in [0.15, 0.2) is 65.7 Å². The highest BCUT2D eigenvalue weighted by atomic mass is 16.5. The van der Waals surface area contributed by atoms with E-state index in [4.69, 9.17) is 9.47 Å². The van der Waals surface area contributed by atoms with E-state index in [0.717, 1.165) is 27.6 Å². The number of ether oxygens (including phenoxy) is 2. The van der Waals surface area contributed by atoms with Crippen LogP contribution >= 0.6 is 0 Å². The molecule has 0 radical (unpaired) electrons. The Morgan fingerprint density at radius 2 is 1.76 bits per heavy atom. The van der Waals surface area contributed by atoms with Crippen molar-refractivity contribution in [1.82, 2.24) is 14.9 Å². The van der Waals surface area contributed by atoms with Crippen molar-refractivity contribution in [3.8, 4) is 11.5 Å². The molecule has 1 N–H and O–H groups in total. The van der Waals surface area contributed by atoms with E-state index in [-0.39, 0.29) is 11.5 Å². The second-order valence-corrected chi connectivity index (χ2v) is 8.39. The van der Waals surface area contributed by atoms with Crippen molar-refractivity contribution >= 4 is 16.8 Å². The first-order valence-corrected chi connectivity index (χ1v) is 11.1. The highest BCUT2D eigenvalue weighted by Gasteiger charge is 2.35. The highest BCUT2D eigenvalue weighted by molar-refractivity contribution is 5.95. The summed E-state index contributed by atoms with van der Waals surface area (Å²) in [5.41, 5.74) is 4.47. The van der Waals surface area contributed by atoms with Crippen LogP contribution in [0.2, 0.25) is 0 Å². The van der Waals surface area contributed by atoms with Gasteiger partial charge in [-0.2, -0.15) is 0 Å². The maximum absolute atomic E-state index is 13.6. The minimum Gasteiger partial charge on any atom is -0.493 e. The third kappa shape index (κ3) is 3.59. The summed E-state index contributed by atoms with van der Waals surface area (Å²) >= 11 is 0. The number of carbonyl (C=O) groups is 1. The molecule has 0 spiro atoms. The van der Waals surface area contributed by atoms with Gasteiger partial charge in [-0.05, 0) is 65.8 Å². The Kier molecular flexibility index (Phi) is 5.53. The number of rotatable bonds is 4. The molecule has 0 bridgehead atoms. The lowest BCUT2D eigenvalue weighted by Gasteiger charge is -2.38. The standard InChI is InChI=1S/C27H25N3O4/c1-16-5-4-6-19-13-21(26(31)29-24(16)19)25-20-15-23(34-3)22(33-2)14-18(20)9-12-30(25)27(32)17-7-10-28-11-8-17/h4-8,10-11,13-15,25H,9,12H2,1-3H3,(H,29,31)/t25-/m0/s1. The molecular formula is C27H25N3O4. The molecule has 0 aliphatic carbocycles. The molecule has 1 atom stereocenters. The molecule has 2 aromatic carbocycles. The summed E-state index contributed by atoms with van der Waals surface area (Å²) in [6.45, 7) is 2.42. The number of methoxy groups -OCH3 is 2. The Hall–Kier alpha value is -4.13. The largest absolute Gasteiger partial charge is 0.493 e. The van der Waals surface area contributed by atoms with Crippen molar-refractivity contribution in [1.29, 1.82) is 0 Å². The number of hydrogen-bond acceptors (Lipinski definition) is 5. The van der Waals surface area contributed by atoms with E-state index in [0.29, 0.717) is 35.6 Å². The first kappa shape index (κ1) is 21.7. The molecular weight excluding hydrogens is 430 g/mol. The number of nitrogens with one attached hydrogen (secondary N) is 1. The van der Waals surface area contributed by atoms with E-state index >= 15 is 0 Å². The molecule has 34 heavy (non-hydrogen) atoms. The first-order valence-electron chi connectivity index (χ1n) is 11.1. The Bertz CT molecular complexity index is 1450. The molecule has 0 saturated heterocycles. The van der Waals surface area contributed by atoms with Crippen molar-refractivity contribution in [2.75, 3.05) is 20.8 Å². The summed E-state index contributed by atoms with van der Waals surface area (Å²) < 4.78 is 11.1. The quantitative estimate of drug-likeness (QED) is 0.502. The molecule has 3 heterocycles. The number of nitrogens with zero attached hydrogens (tertiary/aromatic N) is 2. The number of aromatic amines is 1. The minimum absolute atomic E-state index is 0.156. The topological polar surface area (TPSA) is 84.5 Å². The van der Waals surface area contributed by atoms with Crippen molar-refractivity contribution in [3.63, 3.8) is 0 Å². The van der Waals surface area contributed by atoms with Gasteiger partial charge in [0.1, 0.15) is 0 Å². The second-order valence-electron chi connectivity index (χ2n) is 8.39. The number of fused-ring (bicyclic) bond motifs is 2. The van der Waals surface area contributed by atoms with Gasteiger partial charge in [0.2, 0.25) is 0 Å². The average Bonchev–Trinajstić information content (AvgIpc) is 2.87. The highest BCUT2D eigenvalue weighted by Crippen LogP contribution is 2.41. The molecule has 1 aliphatic heterocycles. The Labute approximate surface area is 197 Å². The van der Waals surface area contributed by atoms with Gasteiger partial charge in [-0.15, -0.1) is 0 Å². The van der Waals surface area contributed by atoms with Gasteiger partial charge in [0.25, 0.3) is 11.5 Å². The maximum atomic E-state index is 13.6. The van der Waals surface area contributed by atoms with Crippen LogP contribution in [0.25, 0.3) is 10.9 Å². The Morgan fingerprint density at radius 1 is 1.03 bits per heavy atom. The van der Waals surface area contributed by atoms with Gasteiger partial charge in [0.05, 0.1) is 25.8 Å². The van der Waals surface area contributed by atoms with Gasteiger partial charge in [0.15, 0.2) is 11.5 Å². The van der Waals surface area contributed by atoms with Crippen LogP contribution in [-0.2, 0) is 6.42 Å². The zero-order chi connectivity index (χ0) is 23.8. The van der Waals surface area contributed by atoms with Crippen LogP contribution in [0, 0.1) is 6.92 Å². The monoisotopic (exact) mass is 455 g/mol. The molecule has 0 unspecified atom stereocenters. The zero-order valence-corrected chi connectivity index (χ0v) is 19.3. The number of benzene rings is 2. The SMILES string of the molecule is COc1cc2c(cc1OC)[C@@H](c1cc3cccc(C)c3[nH]c1=O)N(C(=O)c1ccncc1)CC2. The zero-order valence-electron chi connectivity index (χ0n) is 19.3. The normalized spacial score (nSPS) is 15.1. The van der Waals surface area contributed by atoms with Crippen LogP contribution in [-0.4, -0.2) is 41.5 Å². The summed E-state index contributed by atoms with van der Waals surface area (Å²) in [6.07, 6.45) is 3.83. The smallest absolute Gasteiger partial charge is 0.254 e. The number of amides is 1. The molecule has 1 aliphatic rings. The van der Waals surface area contributed by atoms with Crippen LogP contribution in [0.5, 0.6) is 11.5 Å². The number of aromatic nitrogens is 2. The summed E-state index contributed by atoms with van der Waals surface area (Å²) in [5, 5.41) is 0.915. The molecule has 1 amide bonds. The van der Waals surface area contributed by atoms with Gasteiger partial charge in [-0.25, -0.2) is 0 Å². The van der Waals surface area contributed by atoms with Crippen LogP contribution < -0.4 is 15.0 Å². The fraction of sp³-hybridized carbons (Fsp3) is 0.222. The summed E-state index contributed by atoms with van der Waals surface area (Å²) in [5.74, 6) is 1.02. The molecule has 5 rings (SSSR count). The fourth-order valence-electron chi connectivity index (χ4n) is 4.76. The predicted octanol–water partition coefficient (Wildman–Crippen LogP) is 4.04. The van der Waals surface area contributed by atoms with E-state index in [1.807, 2.05) is 43.3 Å². The number of H-pyrrole nitrogens is 1. The second kappa shape index (κ2) is 8.67. The van der Waals surface area contributed by atoms with E-state index in [2.05, 4.69) is 9.97 Å². The molecule has 0 saturated carbocycles. The molecule has 0 fully saturated rings. The molecule has 7 nitrogen and oxygen atoms in total. The van der Waals surface area contributed by atoms with Gasteiger partial charge < -0.3 is 19.4 Å². The third-order valence-electron chi connectivity index (χ3n) is 6.47. The Morgan fingerprint density at radius 3 is 2.50 bits per heavy atom. The molecule has 4 aromatic rings. The summed E-state index contributed by atoms with van der Waals surface area (Å²) in [4.78, 5) is 35.9. The minimum atomic E-state index is -0.585. The number of aryl methyl sites for hydroxylation is 1. The number of carbonyl (C=O) groups excluding carboxylic acids is 1. The van der Waals surface area contributed by atoms with Gasteiger partial charge >= 0.3 is 0 Å². The van der Waals surface area contributed by atoms with Crippen molar-refractivity contribution in [2.45, 2.75) is 19.4 Å². The van der Waals surface area contributed by atoms with E-state index in [9.17, 15) is 9.59 Å². The number of pyridine rings is 2. The summed E-state index contributed by atoms with van der Waals surface area (Å²) in [6, 6.07) is 14.4. The lowest BCUT2D eigenvalue weighted by atomic mass is 9.87. The first-order chi connectivity index (χ1) is 16.5. The maximum Gasteiger partial charge on any atom is 0.254 e. The predicted molar refractivity (Wildman–Crippen MR) is 130 cm³/mol. The molecule has 172 valence electrons. The van der Waals surface area contributed by atoms with E-state index in [1.165, 1.54) is 0 Å². The molecule has 7 heteroatoms. The van der Waals surface area contributed by atoms with Gasteiger partial charge in [-0.1, -0.05) is 18.2 Å². The van der Waals surface area contributed by atoms with E-state index in [1.54, 1.807) is 43.6 Å². The van der Waals surface area contributed by atoms with E-state index < -0.39 is 6.04 Å². The number of hydrogen-bond donors (Lipinski definition) is 1. The lowest BCUT2D eigenvalue weighted by molar-refractivity contribution is 0.0693. The van der Waals surface area contributed by atoms with Crippen molar-refractivity contribution in [3.05, 3.63) is 99.1 Å². The van der Waals surface area contributed by atoms with Crippen molar-refractivity contribution < 1.29 is 14.3 Å². The fourth-order valence-corrected chi connectivity index (χ4v) is 4.76. The van der Waals surface area contributed by atoms with Crippen LogP contribution in [0.3, 0.4) is 0 Å². The van der Waals surface area contributed by atoms with Crippen LogP contribution in [0.4, 0.5) is 0 Å². The van der Waals surface area contributed by atoms with Crippen LogP contribution in [0.1, 0.15) is 38.7 Å².